The van der Waals surface area contributed by atoms with Gasteiger partial charge >= 0.3 is 0 Å². The van der Waals surface area contributed by atoms with Crippen LogP contribution in [-0.2, 0) is 9.59 Å². The average molecular weight is 400 g/mol. The highest BCUT2D eigenvalue weighted by Crippen LogP contribution is 2.32. The van der Waals surface area contributed by atoms with Crippen molar-refractivity contribution < 1.29 is 14.7 Å². The Hall–Kier alpha value is -2.18. The zero-order chi connectivity index (χ0) is 20.8. The van der Waals surface area contributed by atoms with E-state index in [4.69, 9.17) is 0 Å². The molecule has 0 saturated carbocycles. The van der Waals surface area contributed by atoms with Crippen LogP contribution < -0.4 is 0 Å². The molecular weight excluding hydrogens is 366 g/mol. The van der Waals surface area contributed by atoms with Gasteiger partial charge in [0.25, 0.3) is 11.8 Å². The number of nitrogens with zero attached hydrogens (tertiary/aromatic N) is 3. The van der Waals surface area contributed by atoms with Crippen molar-refractivity contribution in [1.29, 1.82) is 0 Å². The molecule has 2 aliphatic heterocycles. The summed E-state index contributed by atoms with van der Waals surface area (Å²) in [4.78, 5) is 32.2. The van der Waals surface area contributed by atoms with Gasteiger partial charge in [0.05, 0.1) is 12.2 Å². The fourth-order valence-electron chi connectivity index (χ4n) is 4.07. The molecule has 1 fully saturated rings. The van der Waals surface area contributed by atoms with Crippen LogP contribution >= 0.6 is 0 Å². The monoisotopic (exact) mass is 399 g/mol. The lowest BCUT2D eigenvalue weighted by molar-refractivity contribution is -0.137. The number of aliphatic hydroxyl groups excluding tert-OH is 1. The van der Waals surface area contributed by atoms with E-state index >= 15 is 0 Å². The third-order valence-electron chi connectivity index (χ3n) is 5.82. The summed E-state index contributed by atoms with van der Waals surface area (Å²) in [6.07, 6.45) is 4.12. The quantitative estimate of drug-likeness (QED) is 0.510. The minimum atomic E-state index is -0.164. The van der Waals surface area contributed by atoms with Crippen molar-refractivity contribution in [1.82, 2.24) is 14.7 Å². The number of aliphatic hydroxyl groups is 1. The summed E-state index contributed by atoms with van der Waals surface area (Å²) in [6.45, 7) is 8.38. The Kier molecular flexibility index (Phi) is 7.45. The van der Waals surface area contributed by atoms with Crippen molar-refractivity contribution in [3.05, 3.63) is 41.1 Å². The minimum absolute atomic E-state index is 0.139. The van der Waals surface area contributed by atoms with E-state index in [1.807, 2.05) is 31.2 Å². The van der Waals surface area contributed by atoms with Crippen LogP contribution in [0.3, 0.4) is 0 Å². The predicted octanol–water partition coefficient (Wildman–Crippen LogP) is 2.27. The fraction of sp³-hybridized carbons (Fsp3) is 0.565. The largest absolute Gasteiger partial charge is 0.395 e. The van der Waals surface area contributed by atoms with Crippen molar-refractivity contribution in [2.24, 2.45) is 0 Å². The molecule has 1 aromatic rings. The van der Waals surface area contributed by atoms with E-state index in [-0.39, 0.29) is 18.4 Å². The number of benzene rings is 1. The summed E-state index contributed by atoms with van der Waals surface area (Å²) in [5, 5.41) is 9.17. The number of aryl methyl sites for hydroxylation is 1. The standard InChI is InChI=1S/C23H33N3O3/c1-3-4-5-6-11-26-22(28)20(19-9-7-18(2)8-10-19)21(23(26)29)25-14-12-24(13-15-25)16-17-27/h7-10,27H,3-6,11-17H2,1-2H3. The molecule has 2 aliphatic rings. The van der Waals surface area contributed by atoms with E-state index in [0.29, 0.717) is 37.4 Å². The van der Waals surface area contributed by atoms with Gasteiger partial charge in [0.2, 0.25) is 0 Å². The third-order valence-corrected chi connectivity index (χ3v) is 5.82. The second-order valence-corrected chi connectivity index (χ2v) is 7.96. The Morgan fingerprint density at radius 2 is 1.59 bits per heavy atom. The highest BCUT2D eigenvalue weighted by Gasteiger charge is 2.41. The molecule has 0 spiro atoms. The van der Waals surface area contributed by atoms with E-state index in [0.717, 1.165) is 49.9 Å². The molecule has 158 valence electrons. The summed E-state index contributed by atoms with van der Waals surface area (Å²) < 4.78 is 0. The van der Waals surface area contributed by atoms with Crippen LogP contribution in [0, 0.1) is 6.92 Å². The van der Waals surface area contributed by atoms with E-state index in [9.17, 15) is 14.7 Å². The SMILES string of the molecule is CCCCCCN1C(=O)C(c2ccc(C)cc2)=C(N2CCN(CCO)CC2)C1=O. The first kappa shape index (κ1) is 21.5. The van der Waals surface area contributed by atoms with Gasteiger partial charge < -0.3 is 10.0 Å². The lowest BCUT2D eigenvalue weighted by Gasteiger charge is -2.36. The van der Waals surface area contributed by atoms with Crippen molar-refractivity contribution in [3.8, 4) is 0 Å². The number of rotatable bonds is 9. The van der Waals surface area contributed by atoms with E-state index < -0.39 is 0 Å². The molecule has 1 saturated heterocycles. The molecule has 0 aromatic heterocycles. The Bertz CT molecular complexity index is 749. The first-order valence-corrected chi connectivity index (χ1v) is 10.8. The number of piperazine rings is 1. The summed E-state index contributed by atoms with van der Waals surface area (Å²) in [7, 11) is 0. The van der Waals surface area contributed by atoms with Gasteiger partial charge in [-0.25, -0.2) is 0 Å². The van der Waals surface area contributed by atoms with E-state index in [2.05, 4.69) is 16.7 Å². The lowest BCUT2D eigenvalue weighted by Crippen LogP contribution is -2.48. The van der Waals surface area contributed by atoms with Gasteiger partial charge in [-0.2, -0.15) is 0 Å². The summed E-state index contributed by atoms with van der Waals surface area (Å²) in [6, 6.07) is 7.86. The molecule has 0 unspecified atom stereocenters. The maximum Gasteiger partial charge on any atom is 0.277 e. The molecule has 1 N–H and O–H groups in total. The Balaban J connectivity index is 1.85. The van der Waals surface area contributed by atoms with Gasteiger partial charge in [-0.15, -0.1) is 0 Å². The fourth-order valence-corrected chi connectivity index (χ4v) is 4.07. The van der Waals surface area contributed by atoms with Crippen molar-refractivity contribution in [2.45, 2.75) is 39.5 Å². The minimum Gasteiger partial charge on any atom is -0.395 e. The molecule has 2 heterocycles. The van der Waals surface area contributed by atoms with E-state index in [1.165, 1.54) is 4.90 Å². The van der Waals surface area contributed by atoms with Crippen LogP contribution in [0.25, 0.3) is 5.57 Å². The van der Waals surface area contributed by atoms with E-state index in [1.54, 1.807) is 0 Å². The maximum atomic E-state index is 13.3. The number of unbranched alkanes of at least 4 members (excludes halogenated alkanes) is 3. The molecule has 3 rings (SSSR count). The van der Waals surface area contributed by atoms with Gasteiger partial charge in [-0.1, -0.05) is 56.0 Å². The third kappa shape index (κ3) is 4.87. The van der Waals surface area contributed by atoms with Crippen molar-refractivity contribution >= 4 is 17.4 Å². The lowest BCUT2D eigenvalue weighted by atomic mass is 10.0. The van der Waals surface area contributed by atoms with Gasteiger partial charge in [0, 0.05) is 39.3 Å². The average Bonchev–Trinajstić information content (AvgIpc) is 2.97. The molecular formula is C23H33N3O3. The normalized spacial score (nSPS) is 18.3. The zero-order valence-electron chi connectivity index (χ0n) is 17.7. The van der Waals surface area contributed by atoms with Crippen LogP contribution in [0.1, 0.15) is 43.7 Å². The first-order valence-electron chi connectivity index (χ1n) is 10.8. The van der Waals surface area contributed by atoms with Crippen LogP contribution in [0.15, 0.2) is 30.0 Å². The smallest absolute Gasteiger partial charge is 0.277 e. The number of amides is 2. The predicted molar refractivity (Wildman–Crippen MR) is 114 cm³/mol. The molecule has 6 heteroatoms. The zero-order valence-corrected chi connectivity index (χ0v) is 17.7. The number of β-amino-alcohol motifs (C(OH)–C–C–N with tert-alkyl or cyclic N) is 1. The highest BCUT2D eigenvalue weighted by atomic mass is 16.3. The van der Waals surface area contributed by atoms with Crippen LogP contribution in [-0.4, -0.2) is 77.5 Å². The van der Waals surface area contributed by atoms with Gasteiger partial charge in [-0.3, -0.25) is 19.4 Å². The molecule has 1 aromatic carbocycles. The molecule has 0 aliphatic carbocycles. The molecule has 6 nitrogen and oxygen atoms in total. The van der Waals surface area contributed by atoms with Gasteiger partial charge in [-0.05, 0) is 18.9 Å². The second-order valence-electron chi connectivity index (χ2n) is 7.96. The van der Waals surface area contributed by atoms with Crippen molar-refractivity contribution in [3.63, 3.8) is 0 Å². The molecule has 2 amide bonds. The maximum absolute atomic E-state index is 13.3. The molecule has 0 bridgehead atoms. The van der Waals surface area contributed by atoms with Gasteiger partial charge in [0.15, 0.2) is 0 Å². The number of carbonyl (C=O) groups is 2. The molecule has 0 radical (unpaired) electrons. The highest BCUT2D eigenvalue weighted by molar-refractivity contribution is 6.35. The second kappa shape index (κ2) is 10.0. The molecule has 0 atom stereocenters. The number of carbonyl (C=O) groups excluding carboxylic acids is 2. The number of hydrogen-bond donors (Lipinski definition) is 1. The number of hydrogen-bond acceptors (Lipinski definition) is 5. The Labute approximate surface area is 173 Å². The molecule has 29 heavy (non-hydrogen) atoms. The summed E-state index contributed by atoms with van der Waals surface area (Å²) in [5.41, 5.74) is 3.04. The number of imide groups is 1. The van der Waals surface area contributed by atoms with Gasteiger partial charge in [0.1, 0.15) is 5.70 Å². The Morgan fingerprint density at radius 3 is 2.21 bits per heavy atom. The Morgan fingerprint density at radius 1 is 0.897 bits per heavy atom. The van der Waals surface area contributed by atoms with Crippen LogP contribution in [0.2, 0.25) is 0 Å². The topological polar surface area (TPSA) is 64.1 Å². The van der Waals surface area contributed by atoms with Crippen LogP contribution in [0.4, 0.5) is 0 Å². The summed E-state index contributed by atoms with van der Waals surface area (Å²) in [5.74, 6) is -0.319. The first-order chi connectivity index (χ1) is 14.1. The van der Waals surface area contributed by atoms with Crippen molar-refractivity contribution in [2.75, 3.05) is 45.9 Å². The van der Waals surface area contributed by atoms with Crippen LogP contribution in [0.5, 0.6) is 0 Å². The summed E-state index contributed by atoms with van der Waals surface area (Å²) >= 11 is 0.